The van der Waals surface area contributed by atoms with Crippen LogP contribution in [-0.4, -0.2) is 59.8 Å². The summed E-state index contributed by atoms with van der Waals surface area (Å²) in [5, 5.41) is 0. The third kappa shape index (κ3) is 10.4. The highest BCUT2D eigenvalue weighted by Crippen LogP contribution is 2.39. The topological polar surface area (TPSA) is 160 Å². The van der Waals surface area contributed by atoms with Crippen molar-refractivity contribution in [3.63, 3.8) is 0 Å². The molecule has 370 valence electrons. The third-order valence-corrected chi connectivity index (χ3v) is 13.1. The summed E-state index contributed by atoms with van der Waals surface area (Å²) in [5.41, 5.74) is 20.2. The lowest BCUT2D eigenvalue weighted by atomic mass is 10.0. The van der Waals surface area contributed by atoms with Crippen LogP contribution in [0.1, 0.15) is 67.3 Å². The van der Waals surface area contributed by atoms with E-state index in [9.17, 15) is 0 Å². The van der Waals surface area contributed by atoms with Crippen molar-refractivity contribution in [2.45, 2.75) is 0 Å². The molecule has 2 N–H and O–H groups in total. The number of aromatic amines is 2. The molecule has 2 aliphatic rings. The van der Waals surface area contributed by atoms with Crippen LogP contribution in [0.25, 0.3) is 90.9 Å². The van der Waals surface area contributed by atoms with E-state index in [2.05, 4.69) is 194 Å². The zero-order valence-electron chi connectivity index (χ0n) is 42.3. The number of hydrogen-bond donors (Lipinski definition) is 2. The lowest BCUT2D eigenvalue weighted by Crippen LogP contribution is -1.90. The van der Waals surface area contributed by atoms with Gasteiger partial charge in [-0.2, -0.15) is 0 Å². The fraction of sp³-hybridized carbons (Fsp3) is 0. The number of aromatic nitrogens is 12. The second kappa shape index (κ2) is 21.7. The number of hydrogen-bond acceptors (Lipinski definition) is 10. The van der Waals surface area contributed by atoms with Gasteiger partial charge in [0, 0.05) is 116 Å². The molecule has 7 aromatic heterocycles. The molecule has 0 saturated carbocycles. The van der Waals surface area contributed by atoms with Crippen molar-refractivity contribution in [2.24, 2.45) is 0 Å². The Morgan fingerprint density at radius 2 is 0.425 bits per heavy atom. The van der Waals surface area contributed by atoms with Gasteiger partial charge in [-0.05, 0) is 119 Å². The zero-order chi connectivity index (χ0) is 53.5. The molecular weight excluding hydrogens is 985 g/mol. The number of nitrogens with one attached hydrogen (secondary N) is 2. The Labute approximate surface area is 459 Å². The van der Waals surface area contributed by atoms with Crippen molar-refractivity contribution in [2.75, 3.05) is 0 Å². The lowest BCUT2D eigenvalue weighted by molar-refractivity contribution is 1.16. The van der Waals surface area contributed by atoms with Gasteiger partial charge in [0.05, 0.1) is 45.0 Å². The molecule has 0 aliphatic carbocycles. The Bertz CT molecular complexity index is 4070. The number of benzene rings is 4. The van der Waals surface area contributed by atoms with Crippen LogP contribution in [0.5, 0.6) is 0 Å². The van der Waals surface area contributed by atoms with Crippen LogP contribution in [-0.2, 0) is 0 Å². The van der Waals surface area contributed by atoms with E-state index in [4.69, 9.17) is 9.97 Å². The van der Waals surface area contributed by atoms with E-state index in [1.807, 2.05) is 48.5 Å². The van der Waals surface area contributed by atoms with Gasteiger partial charge in [-0.25, -0.2) is 49.8 Å². The first-order chi connectivity index (χ1) is 39.6. The highest BCUT2D eigenvalue weighted by Gasteiger charge is 2.19. The van der Waals surface area contributed by atoms with Gasteiger partial charge >= 0.3 is 0 Å². The molecule has 11 aromatic rings. The lowest BCUT2D eigenvalue weighted by Gasteiger charge is -2.07. The summed E-state index contributed by atoms with van der Waals surface area (Å²) in [6.07, 6.45) is 27.9. The molecule has 80 heavy (non-hydrogen) atoms. The van der Waals surface area contributed by atoms with Crippen molar-refractivity contribution in [1.82, 2.24) is 59.8 Å². The van der Waals surface area contributed by atoms with Gasteiger partial charge in [-0.1, -0.05) is 95.9 Å². The standard InChI is InChI=1S/C68H38N12/c1(5-49-33-69-41-70-34-49)45-9-17-53(18-10-45)65-57-25-27-59(77-57)66(54-19-11-46(12-20-54)2-6-50-35-71-42-72-36-50)61-29-31-63(79-61)68(56-23-15-48(16-24-56)4-8-52-39-75-44-76-40-52)64-32-30-62(80-64)67(60-28-26-58(65)78-60)55-21-13-47(14-22-55)3-7-51-37-73-43-74-38-51/h9-44,77,80H. The maximum Gasteiger partial charge on any atom is 0.115 e. The van der Waals surface area contributed by atoms with Gasteiger partial charge in [0.1, 0.15) is 25.3 Å². The molecule has 0 saturated heterocycles. The van der Waals surface area contributed by atoms with Crippen molar-refractivity contribution in [3.05, 3.63) is 263 Å². The monoisotopic (exact) mass is 1020 g/mol. The van der Waals surface area contributed by atoms with E-state index in [-0.39, 0.29) is 0 Å². The van der Waals surface area contributed by atoms with Crippen molar-refractivity contribution < 1.29 is 0 Å². The maximum absolute atomic E-state index is 5.52. The number of fused-ring (bicyclic) bond motifs is 8. The normalized spacial score (nSPS) is 11.0. The minimum Gasteiger partial charge on any atom is -0.354 e. The summed E-state index contributed by atoms with van der Waals surface area (Å²) >= 11 is 0. The number of nitrogens with zero attached hydrogens (tertiary/aromatic N) is 10. The predicted octanol–water partition coefficient (Wildman–Crippen LogP) is 12.1. The summed E-state index contributed by atoms with van der Waals surface area (Å²) in [5.74, 6) is 25.8. The van der Waals surface area contributed by atoms with Gasteiger partial charge < -0.3 is 9.97 Å². The maximum atomic E-state index is 5.52. The van der Waals surface area contributed by atoms with Crippen LogP contribution >= 0.6 is 0 Å². The minimum absolute atomic E-state index is 0.732. The Balaban J connectivity index is 1.04. The second-order valence-corrected chi connectivity index (χ2v) is 18.3. The minimum atomic E-state index is 0.732. The molecule has 0 amide bonds. The van der Waals surface area contributed by atoms with Crippen LogP contribution in [0.2, 0.25) is 0 Å². The molecule has 0 spiro atoms. The van der Waals surface area contributed by atoms with Crippen LogP contribution in [0.4, 0.5) is 0 Å². The van der Waals surface area contributed by atoms with E-state index in [0.717, 1.165) is 134 Å². The fourth-order valence-electron chi connectivity index (χ4n) is 9.33. The van der Waals surface area contributed by atoms with Gasteiger partial charge in [0.2, 0.25) is 0 Å². The molecule has 12 heteroatoms. The highest BCUT2D eigenvalue weighted by molar-refractivity contribution is 6.00. The van der Waals surface area contributed by atoms with Gasteiger partial charge in [-0.15, -0.1) is 0 Å². The fourth-order valence-corrected chi connectivity index (χ4v) is 9.33. The van der Waals surface area contributed by atoms with Gasteiger partial charge in [0.15, 0.2) is 0 Å². The van der Waals surface area contributed by atoms with E-state index < -0.39 is 0 Å². The molecule has 0 radical (unpaired) electrons. The Hall–Kier alpha value is -12.0. The first kappa shape index (κ1) is 47.7. The SMILES string of the molecule is C(#Cc1cncnc1)c1ccc(-c2c3nc(c(-c4ccc(C#Cc5cncnc5)cc4)c4ccc([nH]4)c(-c4ccc(C#Cc5cncnc5)cc4)c4nc(c(-c5ccc(C#Cc6cncnc6)cc5)c5ccc2[nH]5)C=C4)C=C3)cc1. The van der Waals surface area contributed by atoms with E-state index >= 15 is 0 Å². The van der Waals surface area contributed by atoms with Gasteiger partial charge in [0.25, 0.3) is 0 Å². The summed E-state index contributed by atoms with van der Waals surface area (Å²) in [6, 6.07) is 41.3. The summed E-state index contributed by atoms with van der Waals surface area (Å²) in [7, 11) is 0. The molecule has 0 fully saturated rings. The summed E-state index contributed by atoms with van der Waals surface area (Å²) in [4.78, 5) is 51.7. The third-order valence-electron chi connectivity index (χ3n) is 13.1. The van der Waals surface area contributed by atoms with Crippen molar-refractivity contribution >= 4 is 46.4 Å². The van der Waals surface area contributed by atoms with Crippen LogP contribution in [0.15, 0.2) is 196 Å². The average Bonchev–Trinajstić information content (AvgIpc) is 4.42. The molecule has 13 rings (SSSR count). The first-order valence-electron chi connectivity index (χ1n) is 25.3. The molecule has 12 nitrogen and oxygen atoms in total. The Morgan fingerprint density at radius 1 is 0.225 bits per heavy atom. The van der Waals surface area contributed by atoms with E-state index in [1.165, 1.54) is 25.3 Å². The van der Waals surface area contributed by atoms with E-state index in [1.54, 1.807) is 49.6 Å². The van der Waals surface area contributed by atoms with Crippen LogP contribution in [0, 0.1) is 47.4 Å². The van der Waals surface area contributed by atoms with Crippen molar-refractivity contribution in [3.8, 4) is 91.9 Å². The average molecular weight is 1020 g/mol. The molecule has 9 heterocycles. The molecular formula is C68H38N12. The Morgan fingerprint density at radius 3 is 0.637 bits per heavy atom. The van der Waals surface area contributed by atoms with E-state index in [0.29, 0.717) is 0 Å². The number of rotatable bonds is 4. The smallest absolute Gasteiger partial charge is 0.115 e. The molecule has 0 unspecified atom stereocenters. The molecule has 0 atom stereocenters. The quantitative estimate of drug-likeness (QED) is 0.162. The van der Waals surface area contributed by atoms with Crippen molar-refractivity contribution in [1.29, 1.82) is 0 Å². The van der Waals surface area contributed by atoms with Crippen LogP contribution in [0.3, 0.4) is 0 Å². The highest BCUT2D eigenvalue weighted by atomic mass is 14.8. The zero-order valence-corrected chi connectivity index (χ0v) is 42.3. The first-order valence-corrected chi connectivity index (χ1v) is 25.3. The Kier molecular flexibility index (Phi) is 13.0. The largest absolute Gasteiger partial charge is 0.354 e. The van der Waals surface area contributed by atoms with Crippen LogP contribution < -0.4 is 0 Å². The molecule has 2 aliphatic heterocycles. The second-order valence-electron chi connectivity index (χ2n) is 18.3. The predicted molar refractivity (Wildman–Crippen MR) is 313 cm³/mol. The van der Waals surface area contributed by atoms with Gasteiger partial charge in [-0.3, -0.25) is 0 Å². The number of H-pyrrole nitrogens is 2. The molecule has 8 bridgehead atoms. The summed E-state index contributed by atoms with van der Waals surface area (Å²) in [6.45, 7) is 0. The molecule has 4 aromatic carbocycles. The summed E-state index contributed by atoms with van der Waals surface area (Å²) < 4.78 is 0.